The third-order valence-electron chi connectivity index (χ3n) is 5.93. The van der Waals surface area contributed by atoms with Crippen LogP contribution in [0.3, 0.4) is 0 Å². The van der Waals surface area contributed by atoms with Crippen molar-refractivity contribution in [3.05, 3.63) is 105 Å². The fraction of sp³-hybridized carbons (Fsp3) is 0.231. The van der Waals surface area contributed by atoms with Gasteiger partial charge in [0.2, 0.25) is 5.91 Å². The van der Waals surface area contributed by atoms with E-state index in [-0.39, 0.29) is 36.2 Å². The highest BCUT2D eigenvalue weighted by atomic mass is 35.5. The lowest BCUT2D eigenvalue weighted by Crippen LogP contribution is -2.39. The highest BCUT2D eigenvalue weighted by molar-refractivity contribution is 6.30. The van der Waals surface area contributed by atoms with Crippen molar-refractivity contribution in [3.8, 4) is 0 Å². The Morgan fingerprint density at radius 2 is 1.59 bits per heavy atom. The first-order chi connectivity index (χ1) is 15.4. The molecule has 3 unspecified atom stereocenters. The molecule has 1 aliphatic rings. The molecule has 0 spiro atoms. The van der Waals surface area contributed by atoms with Gasteiger partial charge in [0.05, 0.1) is 12.5 Å². The molecule has 0 radical (unpaired) electrons. The summed E-state index contributed by atoms with van der Waals surface area (Å²) in [7, 11) is 0. The van der Waals surface area contributed by atoms with Crippen molar-refractivity contribution in [1.82, 2.24) is 10.6 Å². The van der Waals surface area contributed by atoms with Crippen molar-refractivity contribution in [2.24, 2.45) is 0 Å². The zero-order valence-electron chi connectivity index (χ0n) is 17.6. The fourth-order valence-electron chi connectivity index (χ4n) is 4.25. The van der Waals surface area contributed by atoms with Crippen LogP contribution in [-0.2, 0) is 11.2 Å². The van der Waals surface area contributed by atoms with E-state index >= 15 is 0 Å². The monoisotopic (exact) mass is 466 g/mol. The summed E-state index contributed by atoms with van der Waals surface area (Å²) in [6.07, 6.45) is 0.935. The third kappa shape index (κ3) is 5.14. The number of amides is 2. The molecule has 3 atom stereocenters. The summed E-state index contributed by atoms with van der Waals surface area (Å²) < 4.78 is 0. The molecule has 32 heavy (non-hydrogen) atoms. The molecule has 0 saturated heterocycles. The highest BCUT2D eigenvalue weighted by Gasteiger charge is 2.30. The van der Waals surface area contributed by atoms with Crippen molar-refractivity contribution in [3.63, 3.8) is 0 Å². The van der Waals surface area contributed by atoms with Crippen LogP contribution in [0.5, 0.6) is 0 Å². The van der Waals surface area contributed by atoms with Crippen molar-refractivity contribution in [2.75, 3.05) is 0 Å². The zero-order valence-corrected chi connectivity index (χ0v) is 19.2. The van der Waals surface area contributed by atoms with E-state index in [4.69, 9.17) is 23.2 Å². The maximum Gasteiger partial charge on any atom is 0.252 e. The minimum atomic E-state index is -0.309. The first-order valence-electron chi connectivity index (χ1n) is 10.6. The summed E-state index contributed by atoms with van der Waals surface area (Å²) in [5.41, 5.74) is 3.74. The summed E-state index contributed by atoms with van der Waals surface area (Å²) in [6.45, 7) is 2.01. The van der Waals surface area contributed by atoms with Gasteiger partial charge in [0.15, 0.2) is 0 Å². The fourth-order valence-corrected chi connectivity index (χ4v) is 4.50. The molecule has 0 saturated carbocycles. The number of carbonyl (C=O) groups is 2. The van der Waals surface area contributed by atoms with E-state index in [9.17, 15) is 9.59 Å². The number of rotatable bonds is 7. The van der Waals surface area contributed by atoms with Gasteiger partial charge in [-0.15, -0.1) is 0 Å². The van der Waals surface area contributed by atoms with Crippen LogP contribution in [0.25, 0.3) is 0 Å². The Balaban J connectivity index is 1.48. The van der Waals surface area contributed by atoms with Crippen molar-refractivity contribution >= 4 is 35.0 Å². The topological polar surface area (TPSA) is 58.2 Å². The summed E-state index contributed by atoms with van der Waals surface area (Å²) in [6, 6.07) is 22.4. The van der Waals surface area contributed by atoms with E-state index in [1.54, 1.807) is 6.07 Å². The second kappa shape index (κ2) is 9.76. The van der Waals surface area contributed by atoms with Crippen molar-refractivity contribution in [1.29, 1.82) is 0 Å². The van der Waals surface area contributed by atoms with Crippen LogP contribution in [0.4, 0.5) is 0 Å². The molecule has 6 heteroatoms. The molecular weight excluding hydrogens is 443 g/mol. The van der Waals surface area contributed by atoms with E-state index in [0.29, 0.717) is 15.6 Å². The number of halogens is 2. The van der Waals surface area contributed by atoms with E-state index in [0.717, 1.165) is 23.1 Å². The van der Waals surface area contributed by atoms with Crippen LogP contribution >= 0.6 is 23.2 Å². The van der Waals surface area contributed by atoms with Gasteiger partial charge in [-0.05, 0) is 60.4 Å². The van der Waals surface area contributed by atoms with Gasteiger partial charge in [-0.25, -0.2) is 0 Å². The Labute approximate surface area is 197 Å². The molecular formula is C26H24Cl2N2O2. The average Bonchev–Trinajstić information content (AvgIpc) is 3.09. The Hall–Kier alpha value is -2.82. The number of hydrogen-bond donors (Lipinski definition) is 2. The molecule has 3 aromatic rings. The number of benzene rings is 3. The van der Waals surface area contributed by atoms with Gasteiger partial charge in [0.25, 0.3) is 5.91 Å². The Kier molecular flexibility index (Phi) is 6.83. The summed E-state index contributed by atoms with van der Waals surface area (Å²) in [4.78, 5) is 25.1. The maximum atomic E-state index is 12.9. The maximum absolute atomic E-state index is 12.9. The lowest BCUT2D eigenvalue weighted by atomic mass is 9.86. The van der Waals surface area contributed by atoms with Crippen molar-refractivity contribution < 1.29 is 9.59 Å². The number of hydrogen-bond acceptors (Lipinski definition) is 2. The van der Waals surface area contributed by atoms with E-state index in [1.807, 2.05) is 73.7 Å². The first kappa shape index (κ1) is 22.4. The normalized spacial score (nSPS) is 16.7. The van der Waals surface area contributed by atoms with E-state index in [2.05, 4.69) is 10.6 Å². The van der Waals surface area contributed by atoms with Crippen LogP contribution in [-0.4, -0.2) is 17.9 Å². The van der Waals surface area contributed by atoms with Gasteiger partial charge in [-0.2, -0.15) is 0 Å². The molecule has 164 valence electrons. The molecule has 0 fully saturated rings. The van der Waals surface area contributed by atoms with Gasteiger partial charge in [0.1, 0.15) is 0 Å². The van der Waals surface area contributed by atoms with Gasteiger partial charge >= 0.3 is 0 Å². The summed E-state index contributed by atoms with van der Waals surface area (Å²) >= 11 is 12.1. The van der Waals surface area contributed by atoms with Crippen LogP contribution in [0.1, 0.15) is 52.4 Å². The molecule has 0 aliphatic carbocycles. The number of nitrogens with one attached hydrogen (secondary N) is 2. The lowest BCUT2D eigenvalue weighted by molar-refractivity contribution is -0.122. The van der Waals surface area contributed by atoms with Gasteiger partial charge in [0, 0.05) is 27.6 Å². The van der Waals surface area contributed by atoms with Crippen LogP contribution in [0.2, 0.25) is 10.0 Å². The van der Waals surface area contributed by atoms with Gasteiger partial charge in [-0.1, -0.05) is 65.7 Å². The highest BCUT2D eigenvalue weighted by Crippen LogP contribution is 2.29. The molecule has 4 rings (SSSR count). The number of carbonyl (C=O) groups excluding carboxylic acids is 2. The molecule has 0 aromatic heterocycles. The van der Waals surface area contributed by atoms with Crippen LogP contribution < -0.4 is 10.6 Å². The van der Waals surface area contributed by atoms with Gasteiger partial charge in [-0.3, -0.25) is 9.59 Å². The van der Waals surface area contributed by atoms with E-state index in [1.165, 1.54) is 0 Å². The van der Waals surface area contributed by atoms with Crippen LogP contribution in [0, 0.1) is 0 Å². The molecule has 1 heterocycles. The molecule has 0 bridgehead atoms. The van der Waals surface area contributed by atoms with Gasteiger partial charge < -0.3 is 10.6 Å². The molecule has 2 N–H and O–H groups in total. The quantitative estimate of drug-likeness (QED) is 0.469. The summed E-state index contributed by atoms with van der Waals surface area (Å²) in [5.74, 6) is -0.189. The minimum Gasteiger partial charge on any atom is -0.353 e. The molecule has 3 aromatic carbocycles. The smallest absolute Gasteiger partial charge is 0.252 e. The second-order valence-corrected chi connectivity index (χ2v) is 9.04. The first-order valence-corrected chi connectivity index (χ1v) is 11.4. The molecule has 1 aliphatic heterocycles. The average molecular weight is 467 g/mol. The summed E-state index contributed by atoms with van der Waals surface area (Å²) in [5, 5.41) is 7.42. The van der Waals surface area contributed by atoms with E-state index < -0.39 is 0 Å². The zero-order chi connectivity index (χ0) is 22.7. The number of fused-ring (bicyclic) bond motifs is 1. The molecule has 4 nitrogen and oxygen atoms in total. The largest absolute Gasteiger partial charge is 0.353 e. The SMILES string of the molecule is CC(NC(=O)CC1NC(=O)c2ccccc21)C(Cc1ccc(Cl)cc1)c1ccc(Cl)cc1. The van der Waals surface area contributed by atoms with Crippen LogP contribution in [0.15, 0.2) is 72.8 Å². The predicted octanol–water partition coefficient (Wildman–Crippen LogP) is 5.70. The third-order valence-corrected chi connectivity index (χ3v) is 6.44. The lowest BCUT2D eigenvalue weighted by Gasteiger charge is -2.26. The Morgan fingerprint density at radius 1 is 0.969 bits per heavy atom. The Morgan fingerprint density at radius 3 is 2.28 bits per heavy atom. The van der Waals surface area contributed by atoms with Crippen molar-refractivity contribution in [2.45, 2.75) is 37.8 Å². The minimum absolute atomic E-state index is 0.0443. The molecule has 2 amide bonds. The Bertz CT molecular complexity index is 1110. The predicted molar refractivity (Wildman–Crippen MR) is 128 cm³/mol. The standard InChI is InChI=1S/C26H24Cl2N2O2/c1-16(29-25(31)15-24-21-4-2-3-5-22(21)26(32)30-24)23(18-8-12-20(28)13-9-18)14-17-6-10-19(27)11-7-17/h2-13,16,23-24H,14-15H2,1H3,(H,29,31)(H,30,32). The second-order valence-electron chi connectivity index (χ2n) is 8.16.